The second kappa shape index (κ2) is 10.7. The fourth-order valence-corrected chi connectivity index (χ4v) is 5.35. The van der Waals surface area contributed by atoms with Crippen molar-refractivity contribution in [3.05, 3.63) is 71.5 Å². The number of sulfonamides is 1. The molecule has 0 radical (unpaired) electrons. The number of rotatable bonds is 9. The number of amides is 1. The Morgan fingerprint density at radius 1 is 1.03 bits per heavy atom. The highest BCUT2D eigenvalue weighted by Crippen LogP contribution is 2.20. The van der Waals surface area contributed by atoms with E-state index in [-0.39, 0.29) is 29.9 Å². The highest BCUT2D eigenvalue weighted by atomic mass is 32.2. The first-order valence-corrected chi connectivity index (χ1v) is 12.1. The molecule has 1 fully saturated rings. The predicted octanol–water partition coefficient (Wildman–Crippen LogP) is 3.16. The van der Waals surface area contributed by atoms with Crippen LogP contribution in [0.2, 0.25) is 0 Å². The first-order valence-electron chi connectivity index (χ1n) is 10.5. The molecule has 7 heteroatoms. The Hall–Kier alpha value is -2.25. The zero-order chi connectivity index (χ0) is 21.4. The summed E-state index contributed by atoms with van der Waals surface area (Å²) in [5.41, 5.74) is 2.08. The predicted molar refractivity (Wildman–Crippen MR) is 116 cm³/mol. The maximum Gasteiger partial charge on any atom is 0.224 e. The van der Waals surface area contributed by atoms with Crippen molar-refractivity contribution in [3.63, 3.8) is 0 Å². The van der Waals surface area contributed by atoms with Crippen LogP contribution >= 0.6 is 0 Å². The average Bonchev–Trinajstić information content (AvgIpc) is 2.76. The number of hydrogen-bond acceptors (Lipinski definition) is 3. The van der Waals surface area contributed by atoms with E-state index < -0.39 is 10.0 Å². The zero-order valence-electron chi connectivity index (χ0n) is 17.1. The van der Waals surface area contributed by atoms with E-state index in [2.05, 4.69) is 5.32 Å². The third-order valence-corrected chi connectivity index (χ3v) is 7.41. The van der Waals surface area contributed by atoms with Crippen molar-refractivity contribution in [2.24, 2.45) is 5.92 Å². The molecule has 30 heavy (non-hydrogen) atoms. The molecule has 1 aliphatic heterocycles. The smallest absolute Gasteiger partial charge is 0.224 e. The van der Waals surface area contributed by atoms with Gasteiger partial charge in [0.05, 0.1) is 11.7 Å². The Kier molecular flexibility index (Phi) is 7.99. The number of aryl methyl sites for hydroxylation is 1. The summed E-state index contributed by atoms with van der Waals surface area (Å²) < 4.78 is 39.9. The number of nitrogens with one attached hydrogen (secondary N) is 1. The molecule has 3 rings (SSSR count). The SMILES string of the molecule is O=C(NCCc1ccc(F)cc1)[C@@H]1CCCN(S(=O)(=O)CCCc2ccccc2)C1. The summed E-state index contributed by atoms with van der Waals surface area (Å²) in [4.78, 5) is 12.5. The van der Waals surface area contributed by atoms with E-state index in [0.717, 1.165) is 17.5 Å². The molecule has 0 aromatic heterocycles. The van der Waals surface area contributed by atoms with E-state index in [1.165, 1.54) is 16.4 Å². The molecule has 1 saturated heterocycles. The van der Waals surface area contributed by atoms with Gasteiger partial charge in [-0.1, -0.05) is 42.5 Å². The van der Waals surface area contributed by atoms with Crippen molar-refractivity contribution < 1.29 is 17.6 Å². The largest absolute Gasteiger partial charge is 0.355 e. The van der Waals surface area contributed by atoms with Crippen LogP contribution in [0, 0.1) is 11.7 Å². The summed E-state index contributed by atoms with van der Waals surface area (Å²) in [6.45, 7) is 1.17. The topological polar surface area (TPSA) is 66.5 Å². The lowest BCUT2D eigenvalue weighted by Crippen LogP contribution is -2.46. The molecule has 1 atom stereocenters. The van der Waals surface area contributed by atoms with Crippen LogP contribution < -0.4 is 5.32 Å². The number of carbonyl (C=O) groups is 1. The van der Waals surface area contributed by atoms with Gasteiger partial charge in [-0.15, -0.1) is 0 Å². The molecular weight excluding hydrogens is 403 g/mol. The quantitative estimate of drug-likeness (QED) is 0.662. The number of nitrogens with zero attached hydrogens (tertiary/aromatic N) is 1. The highest BCUT2D eigenvalue weighted by molar-refractivity contribution is 7.89. The monoisotopic (exact) mass is 432 g/mol. The highest BCUT2D eigenvalue weighted by Gasteiger charge is 2.31. The van der Waals surface area contributed by atoms with Crippen molar-refractivity contribution in [1.82, 2.24) is 9.62 Å². The average molecular weight is 433 g/mol. The van der Waals surface area contributed by atoms with Gasteiger partial charge in [0.1, 0.15) is 5.82 Å². The first kappa shape index (κ1) is 22.4. The minimum Gasteiger partial charge on any atom is -0.355 e. The van der Waals surface area contributed by atoms with Gasteiger partial charge in [0.2, 0.25) is 15.9 Å². The van der Waals surface area contributed by atoms with Crippen LogP contribution in [-0.4, -0.2) is 44.0 Å². The van der Waals surface area contributed by atoms with Crippen LogP contribution in [-0.2, 0) is 27.7 Å². The van der Waals surface area contributed by atoms with Gasteiger partial charge >= 0.3 is 0 Å². The second-order valence-electron chi connectivity index (χ2n) is 7.77. The molecule has 162 valence electrons. The third kappa shape index (κ3) is 6.64. The van der Waals surface area contributed by atoms with Crippen molar-refractivity contribution in [1.29, 1.82) is 0 Å². The number of halogens is 1. The van der Waals surface area contributed by atoms with Crippen molar-refractivity contribution in [2.45, 2.75) is 32.1 Å². The van der Waals surface area contributed by atoms with Crippen molar-refractivity contribution >= 4 is 15.9 Å². The lowest BCUT2D eigenvalue weighted by Gasteiger charge is -2.31. The number of hydrogen-bond donors (Lipinski definition) is 1. The minimum atomic E-state index is -3.37. The molecule has 1 aliphatic rings. The van der Waals surface area contributed by atoms with Gasteiger partial charge in [-0.2, -0.15) is 0 Å². The Morgan fingerprint density at radius 2 is 1.73 bits per heavy atom. The summed E-state index contributed by atoms with van der Waals surface area (Å²) in [5.74, 6) is -0.618. The molecule has 0 spiro atoms. The van der Waals surface area contributed by atoms with Gasteiger partial charge < -0.3 is 5.32 Å². The fourth-order valence-electron chi connectivity index (χ4n) is 3.77. The molecule has 2 aromatic carbocycles. The van der Waals surface area contributed by atoms with Crippen LogP contribution in [0.15, 0.2) is 54.6 Å². The molecule has 2 aromatic rings. The molecule has 0 bridgehead atoms. The van der Waals surface area contributed by atoms with Crippen LogP contribution in [0.5, 0.6) is 0 Å². The molecule has 1 N–H and O–H groups in total. The van der Waals surface area contributed by atoms with Gasteiger partial charge in [0, 0.05) is 19.6 Å². The van der Waals surface area contributed by atoms with Crippen molar-refractivity contribution in [2.75, 3.05) is 25.4 Å². The number of carbonyl (C=O) groups excluding carboxylic acids is 1. The lowest BCUT2D eigenvalue weighted by molar-refractivity contribution is -0.126. The third-order valence-electron chi connectivity index (χ3n) is 5.49. The van der Waals surface area contributed by atoms with Gasteiger partial charge in [-0.05, 0) is 55.4 Å². The van der Waals surface area contributed by atoms with Gasteiger partial charge in [0.15, 0.2) is 0 Å². The van der Waals surface area contributed by atoms with Gasteiger partial charge in [-0.25, -0.2) is 17.1 Å². The number of piperidine rings is 1. The molecule has 0 aliphatic carbocycles. The van der Waals surface area contributed by atoms with E-state index in [1.807, 2.05) is 30.3 Å². The Morgan fingerprint density at radius 3 is 2.47 bits per heavy atom. The van der Waals surface area contributed by atoms with E-state index in [1.54, 1.807) is 12.1 Å². The van der Waals surface area contributed by atoms with E-state index in [9.17, 15) is 17.6 Å². The molecular formula is C23H29FN2O3S. The lowest BCUT2D eigenvalue weighted by atomic mass is 9.99. The molecule has 0 unspecified atom stereocenters. The van der Waals surface area contributed by atoms with E-state index >= 15 is 0 Å². The van der Waals surface area contributed by atoms with Crippen LogP contribution in [0.25, 0.3) is 0 Å². The normalized spacial score (nSPS) is 17.6. The molecule has 1 amide bonds. The Balaban J connectivity index is 1.44. The molecule has 0 saturated carbocycles. The summed E-state index contributed by atoms with van der Waals surface area (Å²) in [6.07, 6.45) is 3.28. The summed E-state index contributed by atoms with van der Waals surface area (Å²) in [5, 5.41) is 2.90. The Bertz CT molecular complexity index is 917. The summed E-state index contributed by atoms with van der Waals surface area (Å²) >= 11 is 0. The summed E-state index contributed by atoms with van der Waals surface area (Å²) in [6, 6.07) is 16.1. The van der Waals surface area contributed by atoms with Crippen LogP contribution in [0.1, 0.15) is 30.4 Å². The van der Waals surface area contributed by atoms with Gasteiger partial charge in [0.25, 0.3) is 0 Å². The van der Waals surface area contributed by atoms with Crippen LogP contribution in [0.4, 0.5) is 4.39 Å². The van der Waals surface area contributed by atoms with E-state index in [4.69, 9.17) is 0 Å². The minimum absolute atomic E-state index is 0.0980. The Labute approximate surface area is 178 Å². The molecule has 5 nitrogen and oxygen atoms in total. The first-order chi connectivity index (χ1) is 14.4. The van der Waals surface area contributed by atoms with Crippen molar-refractivity contribution in [3.8, 4) is 0 Å². The maximum atomic E-state index is 13.0. The number of benzene rings is 2. The van der Waals surface area contributed by atoms with Crippen LogP contribution in [0.3, 0.4) is 0 Å². The molecule has 1 heterocycles. The summed E-state index contributed by atoms with van der Waals surface area (Å²) in [7, 11) is -3.37. The maximum absolute atomic E-state index is 13.0. The van der Waals surface area contributed by atoms with E-state index in [0.29, 0.717) is 38.8 Å². The second-order valence-corrected chi connectivity index (χ2v) is 9.86. The standard InChI is InChI=1S/C23H29FN2O3S/c24-22-12-10-20(11-13-22)14-15-25-23(27)21-9-4-16-26(18-21)30(28,29)17-5-8-19-6-2-1-3-7-19/h1-3,6-7,10-13,21H,4-5,8-9,14-18H2,(H,25,27)/t21-/m1/s1. The fraction of sp³-hybridized carbons (Fsp3) is 0.435. The van der Waals surface area contributed by atoms with Gasteiger partial charge in [-0.3, -0.25) is 4.79 Å². The zero-order valence-corrected chi connectivity index (χ0v) is 17.9.